The molecule has 1 heterocycles. The van der Waals surface area contributed by atoms with Crippen LogP contribution < -0.4 is 4.74 Å². The van der Waals surface area contributed by atoms with E-state index < -0.39 is 0 Å². The van der Waals surface area contributed by atoms with Crippen LogP contribution in [0.25, 0.3) is 0 Å². The SMILES string of the molecule is CCCOc1ccc(CCC)cc1CCCN1CCOCC1. The molecule has 3 nitrogen and oxygen atoms in total. The molecule has 1 aromatic carbocycles. The van der Waals surface area contributed by atoms with E-state index in [4.69, 9.17) is 9.47 Å². The molecule has 0 amide bonds. The summed E-state index contributed by atoms with van der Waals surface area (Å²) in [4.78, 5) is 2.51. The van der Waals surface area contributed by atoms with Crippen molar-refractivity contribution < 1.29 is 9.47 Å². The first kappa shape index (κ1) is 17.3. The quantitative estimate of drug-likeness (QED) is 0.694. The predicted molar refractivity (Wildman–Crippen MR) is 91.8 cm³/mol. The van der Waals surface area contributed by atoms with Crippen molar-refractivity contribution >= 4 is 0 Å². The van der Waals surface area contributed by atoms with Crippen molar-refractivity contribution in [1.82, 2.24) is 4.90 Å². The Bertz CT molecular complexity index is 427. The minimum Gasteiger partial charge on any atom is -0.493 e. The Morgan fingerprint density at radius 1 is 1.09 bits per heavy atom. The van der Waals surface area contributed by atoms with Crippen LogP contribution in [-0.2, 0) is 17.6 Å². The number of benzene rings is 1. The Morgan fingerprint density at radius 3 is 2.64 bits per heavy atom. The summed E-state index contributed by atoms with van der Waals surface area (Å²) in [7, 11) is 0. The number of hydrogen-bond donors (Lipinski definition) is 0. The van der Waals surface area contributed by atoms with Crippen LogP contribution in [0.2, 0.25) is 0 Å². The summed E-state index contributed by atoms with van der Waals surface area (Å²) >= 11 is 0. The van der Waals surface area contributed by atoms with Gasteiger partial charge in [0.15, 0.2) is 0 Å². The lowest BCUT2D eigenvalue weighted by atomic mass is 10.0. The lowest BCUT2D eigenvalue weighted by molar-refractivity contribution is 0.0374. The standard InChI is InChI=1S/C19H31NO2/c1-3-6-17-8-9-19(22-13-4-2)18(16-17)7-5-10-20-11-14-21-15-12-20/h8-9,16H,3-7,10-15H2,1-2H3. The molecule has 1 saturated heterocycles. The highest BCUT2D eigenvalue weighted by molar-refractivity contribution is 5.37. The third-order valence-electron chi connectivity index (χ3n) is 4.15. The van der Waals surface area contributed by atoms with E-state index in [2.05, 4.69) is 36.9 Å². The molecule has 1 aliphatic rings. The maximum absolute atomic E-state index is 5.93. The zero-order valence-corrected chi connectivity index (χ0v) is 14.3. The van der Waals surface area contributed by atoms with E-state index in [0.717, 1.165) is 64.5 Å². The number of ether oxygens (including phenoxy) is 2. The van der Waals surface area contributed by atoms with E-state index in [1.807, 2.05) is 0 Å². The molecule has 0 saturated carbocycles. The second kappa shape index (κ2) is 9.86. The van der Waals surface area contributed by atoms with Gasteiger partial charge in [-0.05, 0) is 49.4 Å². The van der Waals surface area contributed by atoms with Gasteiger partial charge in [0.25, 0.3) is 0 Å². The van der Waals surface area contributed by atoms with Crippen molar-refractivity contribution in [3.63, 3.8) is 0 Å². The summed E-state index contributed by atoms with van der Waals surface area (Å²) in [5.41, 5.74) is 2.82. The van der Waals surface area contributed by atoms with Crippen molar-refractivity contribution in [1.29, 1.82) is 0 Å². The van der Waals surface area contributed by atoms with Crippen LogP contribution in [0.1, 0.15) is 44.2 Å². The molecule has 0 aliphatic carbocycles. The topological polar surface area (TPSA) is 21.7 Å². The summed E-state index contributed by atoms with van der Waals surface area (Å²) < 4.78 is 11.3. The summed E-state index contributed by atoms with van der Waals surface area (Å²) in [6.45, 7) is 10.3. The third-order valence-corrected chi connectivity index (χ3v) is 4.15. The molecule has 0 unspecified atom stereocenters. The molecule has 0 N–H and O–H groups in total. The third kappa shape index (κ3) is 5.62. The molecule has 0 aromatic heterocycles. The van der Waals surface area contributed by atoms with E-state index >= 15 is 0 Å². The first-order chi connectivity index (χ1) is 10.8. The van der Waals surface area contributed by atoms with Gasteiger partial charge >= 0.3 is 0 Å². The molecular weight excluding hydrogens is 274 g/mol. The van der Waals surface area contributed by atoms with E-state index in [1.165, 1.54) is 24.0 Å². The van der Waals surface area contributed by atoms with Crippen LogP contribution in [0, 0.1) is 0 Å². The van der Waals surface area contributed by atoms with Gasteiger partial charge in [0.1, 0.15) is 5.75 Å². The van der Waals surface area contributed by atoms with Crippen molar-refractivity contribution in [3.8, 4) is 5.75 Å². The van der Waals surface area contributed by atoms with Crippen LogP contribution in [0.15, 0.2) is 18.2 Å². The Balaban J connectivity index is 1.91. The first-order valence-corrected chi connectivity index (χ1v) is 8.88. The average Bonchev–Trinajstić information content (AvgIpc) is 2.55. The molecule has 1 fully saturated rings. The number of aryl methyl sites for hydroxylation is 2. The number of morpholine rings is 1. The largest absolute Gasteiger partial charge is 0.493 e. The van der Waals surface area contributed by atoms with Gasteiger partial charge in [-0.2, -0.15) is 0 Å². The predicted octanol–water partition coefficient (Wildman–Crippen LogP) is 3.69. The van der Waals surface area contributed by atoms with Gasteiger partial charge in [-0.25, -0.2) is 0 Å². The van der Waals surface area contributed by atoms with E-state index in [0.29, 0.717) is 0 Å². The molecule has 22 heavy (non-hydrogen) atoms. The van der Waals surface area contributed by atoms with Gasteiger partial charge < -0.3 is 9.47 Å². The van der Waals surface area contributed by atoms with Gasteiger partial charge in [-0.1, -0.05) is 32.4 Å². The fraction of sp³-hybridized carbons (Fsp3) is 0.684. The van der Waals surface area contributed by atoms with Gasteiger partial charge in [-0.15, -0.1) is 0 Å². The smallest absolute Gasteiger partial charge is 0.122 e. The lowest BCUT2D eigenvalue weighted by Crippen LogP contribution is -2.36. The van der Waals surface area contributed by atoms with Crippen LogP contribution >= 0.6 is 0 Å². The minimum atomic E-state index is 0.809. The second-order valence-corrected chi connectivity index (χ2v) is 6.10. The van der Waals surface area contributed by atoms with E-state index in [1.54, 1.807) is 0 Å². The molecule has 124 valence electrons. The monoisotopic (exact) mass is 305 g/mol. The van der Waals surface area contributed by atoms with Gasteiger partial charge in [0.2, 0.25) is 0 Å². The number of hydrogen-bond acceptors (Lipinski definition) is 3. The summed E-state index contributed by atoms with van der Waals surface area (Å²) in [6.07, 6.45) is 5.71. The Morgan fingerprint density at radius 2 is 1.91 bits per heavy atom. The number of rotatable bonds is 9. The van der Waals surface area contributed by atoms with Crippen molar-refractivity contribution in [2.75, 3.05) is 39.5 Å². The van der Waals surface area contributed by atoms with Crippen molar-refractivity contribution in [2.24, 2.45) is 0 Å². The molecular formula is C19H31NO2. The average molecular weight is 305 g/mol. The zero-order chi connectivity index (χ0) is 15.6. The maximum atomic E-state index is 5.93. The summed E-state index contributed by atoms with van der Waals surface area (Å²) in [5.74, 6) is 1.09. The fourth-order valence-corrected chi connectivity index (χ4v) is 2.94. The highest BCUT2D eigenvalue weighted by Gasteiger charge is 2.11. The van der Waals surface area contributed by atoms with Crippen LogP contribution in [-0.4, -0.2) is 44.4 Å². The Kier molecular flexibility index (Phi) is 7.75. The molecule has 0 bridgehead atoms. The van der Waals surface area contributed by atoms with Gasteiger partial charge in [0, 0.05) is 13.1 Å². The Hall–Kier alpha value is -1.06. The fourth-order valence-electron chi connectivity index (χ4n) is 2.94. The summed E-state index contributed by atoms with van der Waals surface area (Å²) in [6, 6.07) is 6.75. The molecule has 0 spiro atoms. The molecule has 1 aromatic rings. The first-order valence-electron chi connectivity index (χ1n) is 8.88. The van der Waals surface area contributed by atoms with Crippen LogP contribution in [0.5, 0.6) is 5.75 Å². The molecule has 3 heteroatoms. The minimum absolute atomic E-state index is 0.809. The highest BCUT2D eigenvalue weighted by atomic mass is 16.5. The van der Waals surface area contributed by atoms with E-state index in [-0.39, 0.29) is 0 Å². The van der Waals surface area contributed by atoms with Gasteiger partial charge in [-0.3, -0.25) is 4.90 Å². The molecule has 0 atom stereocenters. The zero-order valence-electron chi connectivity index (χ0n) is 14.3. The molecule has 0 radical (unpaired) electrons. The molecule has 2 rings (SSSR count). The normalized spacial score (nSPS) is 15.9. The maximum Gasteiger partial charge on any atom is 0.122 e. The molecule has 1 aliphatic heterocycles. The van der Waals surface area contributed by atoms with E-state index in [9.17, 15) is 0 Å². The van der Waals surface area contributed by atoms with Crippen molar-refractivity contribution in [3.05, 3.63) is 29.3 Å². The lowest BCUT2D eigenvalue weighted by Gasteiger charge is -2.26. The van der Waals surface area contributed by atoms with Crippen molar-refractivity contribution in [2.45, 2.75) is 46.0 Å². The summed E-state index contributed by atoms with van der Waals surface area (Å²) in [5, 5.41) is 0. The van der Waals surface area contributed by atoms with Crippen LogP contribution in [0.3, 0.4) is 0 Å². The highest BCUT2D eigenvalue weighted by Crippen LogP contribution is 2.23. The van der Waals surface area contributed by atoms with Gasteiger partial charge in [0.05, 0.1) is 19.8 Å². The Labute approximate surface area is 135 Å². The van der Waals surface area contributed by atoms with Crippen LogP contribution in [0.4, 0.5) is 0 Å². The number of nitrogens with zero attached hydrogens (tertiary/aromatic N) is 1. The second-order valence-electron chi connectivity index (χ2n) is 6.10.